The van der Waals surface area contributed by atoms with E-state index in [9.17, 15) is 4.79 Å². The Kier molecular flexibility index (Phi) is 6.23. The number of likely N-dealkylation sites (tertiary alicyclic amines) is 1. The summed E-state index contributed by atoms with van der Waals surface area (Å²) in [6.45, 7) is 7.91. The van der Waals surface area contributed by atoms with Crippen molar-refractivity contribution in [3.05, 3.63) is 17.0 Å². The van der Waals surface area contributed by atoms with Crippen LogP contribution < -0.4 is 10.6 Å². The summed E-state index contributed by atoms with van der Waals surface area (Å²) < 4.78 is 0. The van der Waals surface area contributed by atoms with E-state index in [0.717, 1.165) is 56.3 Å². The molecule has 0 aliphatic carbocycles. The predicted octanol–water partition coefficient (Wildman–Crippen LogP) is 0.939. The fourth-order valence-electron chi connectivity index (χ4n) is 3.31. The van der Waals surface area contributed by atoms with Crippen LogP contribution in [0.3, 0.4) is 0 Å². The molecule has 1 unspecified atom stereocenters. The summed E-state index contributed by atoms with van der Waals surface area (Å²) in [6, 6.07) is 0. The molecule has 3 rings (SSSR count). The Hall–Kier alpha value is -1.11. The summed E-state index contributed by atoms with van der Waals surface area (Å²) in [7, 11) is 0. The number of hydrogen-bond donors (Lipinski definition) is 3. The molecule has 22 heavy (non-hydrogen) atoms. The number of nitrogens with one attached hydrogen (secondary N) is 3. The molecule has 6 nitrogen and oxygen atoms in total. The molecule has 3 N–H and O–H groups in total. The van der Waals surface area contributed by atoms with Gasteiger partial charge in [-0.15, -0.1) is 12.4 Å². The van der Waals surface area contributed by atoms with Gasteiger partial charge in [-0.25, -0.2) is 0 Å². The SMILES string of the molecule is CC1CCCN(CCNC(=O)c2n[nH]c3c2CNCC3)C1.Cl. The second-order valence-corrected chi connectivity index (χ2v) is 6.26. The van der Waals surface area contributed by atoms with Crippen LogP contribution in [0.5, 0.6) is 0 Å². The minimum atomic E-state index is -0.0544. The normalized spacial score (nSPS) is 21.8. The quantitative estimate of drug-likeness (QED) is 0.769. The molecule has 1 saturated heterocycles. The average Bonchev–Trinajstić information content (AvgIpc) is 2.91. The fourth-order valence-corrected chi connectivity index (χ4v) is 3.31. The van der Waals surface area contributed by atoms with Gasteiger partial charge in [0.25, 0.3) is 5.91 Å². The summed E-state index contributed by atoms with van der Waals surface area (Å²) in [6.07, 6.45) is 3.52. The number of rotatable bonds is 4. The van der Waals surface area contributed by atoms with E-state index in [4.69, 9.17) is 0 Å². The molecule has 1 fully saturated rings. The van der Waals surface area contributed by atoms with Gasteiger partial charge in [0.15, 0.2) is 5.69 Å². The van der Waals surface area contributed by atoms with Crippen molar-refractivity contribution in [2.24, 2.45) is 5.92 Å². The van der Waals surface area contributed by atoms with Crippen LogP contribution in [-0.4, -0.2) is 53.7 Å². The molecule has 3 heterocycles. The van der Waals surface area contributed by atoms with Crippen LogP contribution in [0.25, 0.3) is 0 Å². The minimum Gasteiger partial charge on any atom is -0.349 e. The lowest BCUT2D eigenvalue weighted by atomic mass is 10.0. The topological polar surface area (TPSA) is 73.0 Å². The van der Waals surface area contributed by atoms with E-state index in [2.05, 4.69) is 32.7 Å². The molecule has 2 aliphatic rings. The number of fused-ring (bicyclic) bond motifs is 1. The maximum absolute atomic E-state index is 12.2. The van der Waals surface area contributed by atoms with Crippen LogP contribution in [0.2, 0.25) is 0 Å². The zero-order valence-electron chi connectivity index (χ0n) is 13.2. The van der Waals surface area contributed by atoms with Crippen LogP contribution in [0.15, 0.2) is 0 Å². The van der Waals surface area contributed by atoms with Gasteiger partial charge in [0.1, 0.15) is 0 Å². The number of H-pyrrole nitrogens is 1. The molecule has 0 radical (unpaired) electrons. The highest BCUT2D eigenvalue weighted by molar-refractivity contribution is 5.94. The minimum absolute atomic E-state index is 0. The first kappa shape index (κ1) is 17.2. The van der Waals surface area contributed by atoms with E-state index in [1.54, 1.807) is 0 Å². The van der Waals surface area contributed by atoms with E-state index in [1.807, 2.05) is 0 Å². The van der Waals surface area contributed by atoms with Gasteiger partial charge >= 0.3 is 0 Å². The maximum Gasteiger partial charge on any atom is 0.272 e. The second kappa shape index (κ2) is 7.94. The Morgan fingerprint density at radius 3 is 3.18 bits per heavy atom. The van der Waals surface area contributed by atoms with E-state index in [-0.39, 0.29) is 18.3 Å². The molecule has 1 amide bonds. The van der Waals surface area contributed by atoms with Crippen molar-refractivity contribution >= 4 is 18.3 Å². The molecule has 1 atom stereocenters. The standard InChI is InChI=1S/C15H25N5O.ClH/c1-11-3-2-7-20(10-11)8-6-17-15(21)14-12-9-16-5-4-13(12)18-19-14;/h11,16H,2-10H2,1H3,(H,17,21)(H,18,19);1H. The van der Waals surface area contributed by atoms with Crippen molar-refractivity contribution in [3.8, 4) is 0 Å². The maximum atomic E-state index is 12.2. The van der Waals surface area contributed by atoms with E-state index in [0.29, 0.717) is 12.2 Å². The summed E-state index contributed by atoms with van der Waals surface area (Å²) in [4.78, 5) is 14.7. The Morgan fingerprint density at radius 1 is 1.50 bits per heavy atom. The number of aromatic amines is 1. The third-order valence-corrected chi connectivity index (χ3v) is 4.48. The van der Waals surface area contributed by atoms with E-state index < -0.39 is 0 Å². The Bertz CT molecular complexity index is 504. The van der Waals surface area contributed by atoms with Gasteiger partial charge in [0.2, 0.25) is 0 Å². The van der Waals surface area contributed by atoms with Crippen LogP contribution >= 0.6 is 12.4 Å². The van der Waals surface area contributed by atoms with Crippen molar-refractivity contribution in [3.63, 3.8) is 0 Å². The van der Waals surface area contributed by atoms with E-state index >= 15 is 0 Å². The molecular weight excluding hydrogens is 302 g/mol. The largest absolute Gasteiger partial charge is 0.349 e. The molecule has 0 spiro atoms. The van der Waals surface area contributed by atoms with Crippen LogP contribution in [-0.2, 0) is 13.0 Å². The fraction of sp³-hybridized carbons (Fsp3) is 0.733. The van der Waals surface area contributed by atoms with Gasteiger partial charge in [-0.05, 0) is 25.3 Å². The van der Waals surface area contributed by atoms with Crippen LogP contribution in [0, 0.1) is 5.92 Å². The molecule has 124 valence electrons. The number of carbonyl (C=O) groups excluding carboxylic acids is 1. The Labute approximate surface area is 137 Å². The lowest BCUT2D eigenvalue weighted by molar-refractivity contribution is 0.0937. The van der Waals surface area contributed by atoms with Crippen molar-refractivity contribution in [1.29, 1.82) is 0 Å². The third kappa shape index (κ3) is 4.00. The number of halogens is 1. The molecule has 2 aliphatic heterocycles. The molecule has 0 bridgehead atoms. The van der Waals surface area contributed by atoms with Gasteiger partial charge in [-0.1, -0.05) is 6.92 Å². The molecule has 0 saturated carbocycles. The Balaban J connectivity index is 0.00000176. The highest BCUT2D eigenvalue weighted by Crippen LogP contribution is 2.16. The summed E-state index contributed by atoms with van der Waals surface area (Å²) in [5, 5.41) is 13.5. The van der Waals surface area contributed by atoms with Gasteiger partial charge in [0, 0.05) is 50.4 Å². The smallest absolute Gasteiger partial charge is 0.272 e. The van der Waals surface area contributed by atoms with Crippen molar-refractivity contribution in [1.82, 2.24) is 25.7 Å². The molecule has 1 aromatic rings. The van der Waals surface area contributed by atoms with E-state index in [1.165, 1.54) is 12.8 Å². The first-order valence-corrected chi connectivity index (χ1v) is 8.01. The summed E-state index contributed by atoms with van der Waals surface area (Å²) in [5.41, 5.74) is 2.69. The monoisotopic (exact) mass is 327 g/mol. The summed E-state index contributed by atoms with van der Waals surface area (Å²) >= 11 is 0. The lowest BCUT2D eigenvalue weighted by Crippen LogP contribution is -2.40. The number of aromatic nitrogens is 2. The molecular formula is C15H26ClN5O. The average molecular weight is 328 g/mol. The second-order valence-electron chi connectivity index (χ2n) is 6.26. The van der Waals surface area contributed by atoms with Crippen molar-refractivity contribution in [2.45, 2.75) is 32.7 Å². The van der Waals surface area contributed by atoms with Crippen LogP contribution in [0.4, 0.5) is 0 Å². The zero-order chi connectivity index (χ0) is 14.7. The Morgan fingerprint density at radius 2 is 2.36 bits per heavy atom. The lowest BCUT2D eigenvalue weighted by Gasteiger charge is -2.30. The van der Waals surface area contributed by atoms with Crippen molar-refractivity contribution < 1.29 is 4.79 Å². The first-order chi connectivity index (χ1) is 10.2. The molecule has 7 heteroatoms. The number of piperidine rings is 1. The number of hydrogen-bond acceptors (Lipinski definition) is 4. The number of carbonyl (C=O) groups is 1. The first-order valence-electron chi connectivity index (χ1n) is 8.01. The summed E-state index contributed by atoms with van der Waals surface area (Å²) in [5.74, 6) is 0.722. The number of amides is 1. The van der Waals surface area contributed by atoms with Crippen molar-refractivity contribution in [2.75, 3.05) is 32.7 Å². The van der Waals surface area contributed by atoms with Crippen LogP contribution in [0.1, 0.15) is 41.5 Å². The van der Waals surface area contributed by atoms with Gasteiger partial charge in [-0.2, -0.15) is 5.10 Å². The molecule has 1 aromatic heterocycles. The molecule has 0 aromatic carbocycles. The van der Waals surface area contributed by atoms with Gasteiger partial charge in [-0.3, -0.25) is 9.89 Å². The number of nitrogens with zero attached hydrogens (tertiary/aromatic N) is 2. The zero-order valence-corrected chi connectivity index (χ0v) is 14.0. The van der Waals surface area contributed by atoms with Gasteiger partial charge in [0.05, 0.1) is 0 Å². The highest BCUT2D eigenvalue weighted by atomic mass is 35.5. The predicted molar refractivity (Wildman–Crippen MR) is 88.4 cm³/mol. The third-order valence-electron chi connectivity index (χ3n) is 4.48. The van der Waals surface area contributed by atoms with Gasteiger partial charge < -0.3 is 15.5 Å². The highest BCUT2D eigenvalue weighted by Gasteiger charge is 2.21.